The number of aromatic amines is 1. The van der Waals surface area contributed by atoms with Crippen LogP contribution in [0.2, 0.25) is 0 Å². The summed E-state index contributed by atoms with van der Waals surface area (Å²) in [5, 5.41) is 0.105. The van der Waals surface area contributed by atoms with E-state index in [0.29, 0.717) is 0 Å². The number of carbonyl (C=O) groups is 1. The van der Waals surface area contributed by atoms with Crippen LogP contribution in [0.3, 0.4) is 0 Å². The summed E-state index contributed by atoms with van der Waals surface area (Å²) in [6.07, 6.45) is 0. The van der Waals surface area contributed by atoms with Crippen LogP contribution in [0.15, 0.2) is 23.0 Å². The minimum absolute atomic E-state index is 0.105. The van der Waals surface area contributed by atoms with Crippen LogP contribution in [-0.2, 0) is 15.5 Å². The molecule has 1 aromatic carbocycles. The van der Waals surface area contributed by atoms with Crippen LogP contribution in [0.25, 0.3) is 10.9 Å². The van der Waals surface area contributed by atoms with Gasteiger partial charge in [0.2, 0.25) is 0 Å². The summed E-state index contributed by atoms with van der Waals surface area (Å²) in [7, 11) is 0. The van der Waals surface area contributed by atoms with E-state index in [2.05, 4.69) is 9.72 Å². The average Bonchev–Trinajstić information content (AvgIpc) is 2.40. The van der Waals surface area contributed by atoms with Crippen LogP contribution >= 0.6 is 0 Å². The monoisotopic (exact) mass is 299 g/mol. The molecule has 0 spiro atoms. The number of nitrogens with one attached hydrogen (secondary N) is 1. The molecule has 0 bridgehead atoms. The molecule has 0 saturated heterocycles. The van der Waals surface area contributed by atoms with Gasteiger partial charge in [0.1, 0.15) is 11.4 Å². The maximum absolute atomic E-state index is 14.1. The van der Waals surface area contributed by atoms with Gasteiger partial charge in [0.05, 0.1) is 6.61 Å². The third kappa shape index (κ3) is 2.51. The number of carbonyl (C=O) groups excluding carboxylic acids is 1. The van der Waals surface area contributed by atoms with Gasteiger partial charge in [-0.05, 0) is 37.6 Å². The molecule has 0 fully saturated rings. The highest BCUT2D eigenvalue weighted by Gasteiger charge is 2.46. The van der Waals surface area contributed by atoms with Crippen LogP contribution in [0, 0.1) is 12.7 Å². The summed E-state index contributed by atoms with van der Waals surface area (Å²) in [5.74, 6) is -6.55. The number of esters is 1. The van der Waals surface area contributed by atoms with Gasteiger partial charge in [0, 0.05) is 10.9 Å². The second-order valence-corrected chi connectivity index (χ2v) is 4.44. The minimum atomic E-state index is -4.10. The maximum Gasteiger partial charge on any atom is 0.382 e. The van der Waals surface area contributed by atoms with Gasteiger partial charge in [0.25, 0.3) is 5.56 Å². The predicted molar refractivity (Wildman–Crippen MR) is 69.8 cm³/mol. The Hall–Kier alpha value is -2.31. The molecule has 112 valence electrons. The summed E-state index contributed by atoms with van der Waals surface area (Å²) in [5.41, 5.74) is -2.09. The van der Waals surface area contributed by atoms with Crippen LogP contribution in [0.1, 0.15) is 18.1 Å². The van der Waals surface area contributed by atoms with E-state index in [1.54, 1.807) is 0 Å². The molecule has 0 unspecified atom stereocenters. The highest BCUT2D eigenvalue weighted by atomic mass is 19.3. The van der Waals surface area contributed by atoms with Crippen LogP contribution in [-0.4, -0.2) is 17.6 Å². The molecule has 7 heteroatoms. The molecule has 0 aliphatic rings. The van der Waals surface area contributed by atoms with E-state index in [1.165, 1.54) is 19.9 Å². The molecular formula is C14H12F3NO3. The number of pyridine rings is 1. The topological polar surface area (TPSA) is 59.2 Å². The number of aryl methyl sites for hydroxylation is 1. The van der Waals surface area contributed by atoms with Crippen molar-refractivity contribution in [1.29, 1.82) is 0 Å². The van der Waals surface area contributed by atoms with Crippen LogP contribution < -0.4 is 5.56 Å². The molecule has 1 aromatic heterocycles. The van der Waals surface area contributed by atoms with Gasteiger partial charge in [-0.2, -0.15) is 8.78 Å². The van der Waals surface area contributed by atoms with Crippen molar-refractivity contribution in [2.75, 3.05) is 6.61 Å². The van der Waals surface area contributed by atoms with E-state index in [9.17, 15) is 22.8 Å². The number of hydrogen-bond donors (Lipinski definition) is 1. The molecule has 2 aromatic rings. The van der Waals surface area contributed by atoms with Crippen LogP contribution in [0.5, 0.6) is 0 Å². The number of hydrogen-bond acceptors (Lipinski definition) is 3. The van der Waals surface area contributed by atoms with Crippen molar-refractivity contribution in [3.05, 3.63) is 45.5 Å². The molecule has 0 aliphatic carbocycles. The maximum atomic E-state index is 14.1. The lowest BCUT2D eigenvalue weighted by Gasteiger charge is -2.17. The van der Waals surface area contributed by atoms with E-state index < -0.39 is 28.8 Å². The van der Waals surface area contributed by atoms with Crippen molar-refractivity contribution in [1.82, 2.24) is 4.98 Å². The van der Waals surface area contributed by atoms with Gasteiger partial charge in [-0.3, -0.25) is 4.79 Å². The fourth-order valence-electron chi connectivity index (χ4n) is 2.13. The Morgan fingerprint density at radius 2 is 2.05 bits per heavy atom. The molecule has 0 radical (unpaired) electrons. The van der Waals surface area contributed by atoms with Crippen molar-refractivity contribution in [3.63, 3.8) is 0 Å². The highest BCUT2D eigenvalue weighted by Crippen LogP contribution is 2.32. The number of H-pyrrole nitrogens is 1. The fraction of sp³-hybridized carbons (Fsp3) is 0.286. The lowest BCUT2D eigenvalue weighted by atomic mass is 10.00. The first-order valence-electron chi connectivity index (χ1n) is 6.16. The van der Waals surface area contributed by atoms with Gasteiger partial charge in [-0.15, -0.1) is 0 Å². The second-order valence-electron chi connectivity index (χ2n) is 4.44. The Morgan fingerprint density at radius 3 is 2.67 bits per heavy atom. The number of benzene rings is 1. The molecule has 1 N–H and O–H groups in total. The first-order chi connectivity index (χ1) is 9.78. The largest absolute Gasteiger partial charge is 0.461 e. The molecule has 2 rings (SSSR count). The SMILES string of the molecule is CCOC(=O)C(F)(F)c1c(C)c2cc(F)ccc2[nH]c1=O. The zero-order valence-corrected chi connectivity index (χ0v) is 11.3. The lowest BCUT2D eigenvalue weighted by Crippen LogP contribution is -2.35. The number of ether oxygens (including phenoxy) is 1. The van der Waals surface area contributed by atoms with E-state index in [0.717, 1.165) is 12.1 Å². The van der Waals surface area contributed by atoms with E-state index >= 15 is 0 Å². The molecule has 0 aliphatic heterocycles. The predicted octanol–water partition coefficient (Wildman–Crippen LogP) is 2.63. The summed E-state index contributed by atoms with van der Waals surface area (Å²) in [6.45, 7) is 2.37. The van der Waals surface area contributed by atoms with E-state index in [-0.39, 0.29) is 23.1 Å². The number of halogens is 3. The Kier molecular flexibility index (Phi) is 3.76. The van der Waals surface area contributed by atoms with Crippen LogP contribution in [0.4, 0.5) is 13.2 Å². The number of aromatic nitrogens is 1. The van der Waals surface area contributed by atoms with Gasteiger partial charge in [-0.1, -0.05) is 0 Å². The highest BCUT2D eigenvalue weighted by molar-refractivity contribution is 5.86. The van der Waals surface area contributed by atoms with Crippen molar-refractivity contribution in [2.24, 2.45) is 0 Å². The minimum Gasteiger partial charge on any atom is -0.461 e. The summed E-state index contributed by atoms with van der Waals surface area (Å²) in [6, 6.07) is 3.39. The second kappa shape index (κ2) is 5.23. The summed E-state index contributed by atoms with van der Waals surface area (Å²) >= 11 is 0. The molecule has 0 saturated carbocycles. The third-order valence-corrected chi connectivity index (χ3v) is 3.08. The van der Waals surface area contributed by atoms with Crippen molar-refractivity contribution in [3.8, 4) is 0 Å². The Bertz CT molecular complexity index is 768. The molecule has 0 atom stereocenters. The van der Waals surface area contributed by atoms with Gasteiger partial charge in [0.15, 0.2) is 0 Å². The van der Waals surface area contributed by atoms with Gasteiger partial charge >= 0.3 is 11.9 Å². The summed E-state index contributed by atoms with van der Waals surface area (Å²) < 4.78 is 45.7. The zero-order chi connectivity index (χ0) is 15.8. The number of fused-ring (bicyclic) bond motifs is 1. The zero-order valence-electron chi connectivity index (χ0n) is 11.3. The van der Waals surface area contributed by atoms with Gasteiger partial charge in [-0.25, -0.2) is 9.18 Å². The average molecular weight is 299 g/mol. The van der Waals surface area contributed by atoms with Crippen molar-refractivity contribution >= 4 is 16.9 Å². The van der Waals surface area contributed by atoms with Gasteiger partial charge < -0.3 is 9.72 Å². The summed E-state index contributed by atoms with van der Waals surface area (Å²) in [4.78, 5) is 25.5. The normalized spacial score (nSPS) is 11.7. The Labute approximate surface area is 117 Å². The smallest absolute Gasteiger partial charge is 0.382 e. The number of rotatable bonds is 3. The quantitative estimate of drug-likeness (QED) is 0.886. The standard InChI is InChI=1S/C14H12F3NO3/c1-3-21-13(20)14(16,17)11-7(2)9-6-8(15)4-5-10(9)18-12(11)19/h4-6H,3H2,1-2H3,(H,18,19). The number of alkyl halides is 2. The molecule has 0 amide bonds. The van der Waals surface area contributed by atoms with Crippen molar-refractivity contribution in [2.45, 2.75) is 19.8 Å². The third-order valence-electron chi connectivity index (χ3n) is 3.08. The molecular weight excluding hydrogens is 287 g/mol. The lowest BCUT2D eigenvalue weighted by molar-refractivity contribution is -0.173. The molecule has 1 heterocycles. The molecule has 21 heavy (non-hydrogen) atoms. The molecule has 4 nitrogen and oxygen atoms in total. The van der Waals surface area contributed by atoms with E-state index in [4.69, 9.17) is 0 Å². The van der Waals surface area contributed by atoms with E-state index in [1.807, 2.05) is 0 Å². The fourth-order valence-corrected chi connectivity index (χ4v) is 2.13. The Morgan fingerprint density at radius 1 is 1.38 bits per heavy atom. The van der Waals surface area contributed by atoms with Crippen molar-refractivity contribution < 1.29 is 22.7 Å². The first-order valence-corrected chi connectivity index (χ1v) is 6.16. The first kappa shape index (κ1) is 15.1. The Balaban J connectivity index is 2.75.